The molecule has 2 aliphatic heterocycles. The fourth-order valence-electron chi connectivity index (χ4n) is 4.63. The minimum absolute atomic E-state index is 0.0628. The molecule has 0 aliphatic carbocycles. The molecule has 184 valence electrons. The number of carbonyl (C=O) groups excluding carboxylic acids is 2. The highest BCUT2D eigenvalue weighted by atomic mass is 32.2. The predicted molar refractivity (Wildman–Crippen MR) is 135 cm³/mol. The van der Waals surface area contributed by atoms with Crippen LogP contribution in [0.5, 0.6) is 0 Å². The minimum Gasteiger partial charge on any atom is -0.339 e. The van der Waals surface area contributed by atoms with Crippen molar-refractivity contribution >= 4 is 38.9 Å². The third-order valence-electron chi connectivity index (χ3n) is 7.00. The van der Waals surface area contributed by atoms with Gasteiger partial charge < -0.3 is 10.2 Å². The number of sulfonamides is 1. The Balaban J connectivity index is 1.37. The molecule has 0 unspecified atom stereocenters. The van der Waals surface area contributed by atoms with Crippen LogP contribution in [0.3, 0.4) is 0 Å². The van der Waals surface area contributed by atoms with Gasteiger partial charge in [0.05, 0.1) is 5.56 Å². The van der Waals surface area contributed by atoms with Gasteiger partial charge in [0.15, 0.2) is 0 Å². The number of carbonyl (C=O) groups is 2. The Hall–Kier alpha value is -2.23. The van der Waals surface area contributed by atoms with Gasteiger partial charge in [0.1, 0.15) is 4.21 Å². The fraction of sp³-hybridized carbons (Fsp3) is 0.520. The lowest BCUT2D eigenvalue weighted by molar-refractivity contribution is -0.120. The highest BCUT2D eigenvalue weighted by Crippen LogP contribution is 2.29. The maximum absolute atomic E-state index is 13.2. The average Bonchev–Trinajstić information content (AvgIpc) is 3.18. The molecule has 1 aromatic carbocycles. The van der Waals surface area contributed by atoms with Crippen molar-refractivity contribution in [3.8, 4) is 0 Å². The van der Waals surface area contributed by atoms with Gasteiger partial charge in [0.2, 0.25) is 5.91 Å². The topological polar surface area (TPSA) is 86.8 Å². The van der Waals surface area contributed by atoms with Gasteiger partial charge in [0.25, 0.3) is 15.9 Å². The van der Waals surface area contributed by atoms with Gasteiger partial charge in [-0.15, -0.1) is 11.3 Å². The molecule has 2 aromatic rings. The predicted octanol–water partition coefficient (Wildman–Crippen LogP) is 4.42. The summed E-state index contributed by atoms with van der Waals surface area (Å²) in [5.74, 6) is -0.372. The van der Waals surface area contributed by atoms with E-state index in [1.54, 1.807) is 5.38 Å². The standard InChI is InChI=1S/C25H33N3O4S2/c1-18-8-7-9-22(19(18)2)26-24(29)20-10-14-28(15-11-20)34(31,32)23-16-21(17-33-23)25(30)27-12-5-3-4-6-13-27/h7-9,16-17,20H,3-6,10-15H2,1-2H3,(H,26,29). The number of aryl methyl sites for hydroxylation is 1. The van der Waals surface area contributed by atoms with E-state index >= 15 is 0 Å². The first kappa shape index (κ1) is 24.9. The van der Waals surface area contributed by atoms with E-state index in [9.17, 15) is 18.0 Å². The van der Waals surface area contributed by atoms with Crippen LogP contribution in [0.1, 0.15) is 60.0 Å². The molecule has 1 aromatic heterocycles. The Kier molecular flexibility index (Phi) is 7.74. The second kappa shape index (κ2) is 10.6. The normalized spacial score (nSPS) is 18.5. The molecular weight excluding hydrogens is 470 g/mol. The smallest absolute Gasteiger partial charge is 0.254 e. The molecule has 0 atom stereocenters. The van der Waals surface area contributed by atoms with Gasteiger partial charge in [-0.25, -0.2) is 8.42 Å². The zero-order valence-electron chi connectivity index (χ0n) is 19.9. The second-order valence-corrected chi connectivity index (χ2v) is 12.4. The Bertz CT molecular complexity index is 1140. The summed E-state index contributed by atoms with van der Waals surface area (Å²) in [6, 6.07) is 7.33. The lowest BCUT2D eigenvalue weighted by atomic mass is 9.97. The summed E-state index contributed by atoms with van der Waals surface area (Å²) in [6.07, 6.45) is 5.19. The highest BCUT2D eigenvalue weighted by molar-refractivity contribution is 7.91. The van der Waals surface area contributed by atoms with Gasteiger partial charge in [-0.05, 0) is 62.8 Å². The van der Waals surface area contributed by atoms with Crippen LogP contribution in [0, 0.1) is 19.8 Å². The first-order valence-corrected chi connectivity index (χ1v) is 14.3. The number of likely N-dealkylation sites (tertiary alicyclic amines) is 1. The third-order valence-corrected chi connectivity index (χ3v) is 10.3. The average molecular weight is 504 g/mol. The highest BCUT2D eigenvalue weighted by Gasteiger charge is 2.33. The number of anilines is 1. The molecule has 9 heteroatoms. The van der Waals surface area contributed by atoms with Crippen LogP contribution in [-0.2, 0) is 14.8 Å². The van der Waals surface area contributed by atoms with Crippen molar-refractivity contribution in [1.82, 2.24) is 9.21 Å². The molecule has 0 radical (unpaired) electrons. The van der Waals surface area contributed by atoms with Crippen LogP contribution in [0.25, 0.3) is 0 Å². The van der Waals surface area contributed by atoms with Crippen molar-refractivity contribution in [3.63, 3.8) is 0 Å². The number of benzene rings is 1. The van der Waals surface area contributed by atoms with E-state index < -0.39 is 10.0 Å². The van der Waals surface area contributed by atoms with Crippen LogP contribution in [0.15, 0.2) is 33.9 Å². The fourth-order valence-corrected chi connectivity index (χ4v) is 7.40. The van der Waals surface area contributed by atoms with Crippen molar-refractivity contribution in [2.75, 3.05) is 31.5 Å². The summed E-state index contributed by atoms with van der Waals surface area (Å²) >= 11 is 1.10. The van der Waals surface area contributed by atoms with Crippen LogP contribution in [-0.4, -0.2) is 55.6 Å². The van der Waals surface area contributed by atoms with E-state index in [2.05, 4.69) is 5.32 Å². The van der Waals surface area contributed by atoms with E-state index in [4.69, 9.17) is 0 Å². The van der Waals surface area contributed by atoms with E-state index in [-0.39, 0.29) is 21.9 Å². The maximum Gasteiger partial charge on any atom is 0.254 e. The van der Waals surface area contributed by atoms with Gasteiger partial charge in [-0.3, -0.25) is 9.59 Å². The molecule has 0 bridgehead atoms. The van der Waals surface area contributed by atoms with E-state index in [0.717, 1.165) is 66.9 Å². The molecular formula is C25H33N3O4S2. The zero-order valence-corrected chi connectivity index (χ0v) is 21.5. The van der Waals surface area contributed by atoms with Crippen molar-refractivity contribution < 1.29 is 18.0 Å². The molecule has 2 aliphatic rings. The number of nitrogens with one attached hydrogen (secondary N) is 1. The van der Waals surface area contributed by atoms with Crippen molar-refractivity contribution in [3.05, 3.63) is 46.3 Å². The number of amides is 2. The Morgan fingerprint density at radius 1 is 1.00 bits per heavy atom. The van der Waals surface area contributed by atoms with Gasteiger partial charge in [-0.1, -0.05) is 25.0 Å². The Morgan fingerprint density at radius 2 is 1.68 bits per heavy atom. The van der Waals surface area contributed by atoms with E-state index in [0.29, 0.717) is 31.5 Å². The molecule has 2 fully saturated rings. The van der Waals surface area contributed by atoms with Crippen molar-refractivity contribution in [1.29, 1.82) is 0 Å². The monoisotopic (exact) mass is 503 g/mol. The minimum atomic E-state index is -3.68. The van der Waals surface area contributed by atoms with Crippen LogP contribution >= 0.6 is 11.3 Å². The van der Waals surface area contributed by atoms with Crippen molar-refractivity contribution in [2.45, 2.75) is 56.6 Å². The summed E-state index contributed by atoms with van der Waals surface area (Å²) in [5, 5.41) is 4.67. The molecule has 0 spiro atoms. The van der Waals surface area contributed by atoms with Gasteiger partial charge >= 0.3 is 0 Å². The molecule has 0 saturated carbocycles. The molecule has 4 rings (SSSR count). The van der Waals surface area contributed by atoms with Crippen LogP contribution in [0.2, 0.25) is 0 Å². The second-order valence-electron chi connectivity index (χ2n) is 9.28. The first-order valence-electron chi connectivity index (χ1n) is 12.0. The lowest BCUT2D eigenvalue weighted by Gasteiger charge is -2.30. The summed E-state index contributed by atoms with van der Waals surface area (Å²) in [4.78, 5) is 27.5. The number of nitrogens with zero attached hydrogens (tertiary/aromatic N) is 2. The maximum atomic E-state index is 13.2. The van der Waals surface area contributed by atoms with E-state index in [1.807, 2.05) is 36.9 Å². The first-order chi connectivity index (χ1) is 16.3. The summed E-state index contributed by atoms with van der Waals surface area (Å²) in [5.41, 5.74) is 3.41. The zero-order chi connectivity index (χ0) is 24.3. The SMILES string of the molecule is Cc1cccc(NC(=O)C2CCN(S(=O)(=O)c3cc(C(=O)N4CCCCCC4)cs3)CC2)c1C. The Morgan fingerprint density at radius 3 is 2.35 bits per heavy atom. The lowest BCUT2D eigenvalue weighted by Crippen LogP contribution is -2.41. The largest absolute Gasteiger partial charge is 0.339 e. The molecule has 3 heterocycles. The van der Waals surface area contributed by atoms with Gasteiger partial charge in [-0.2, -0.15) is 4.31 Å². The van der Waals surface area contributed by atoms with E-state index in [1.165, 1.54) is 10.4 Å². The Labute approximate surface area is 206 Å². The number of rotatable bonds is 5. The quantitative estimate of drug-likeness (QED) is 0.654. The van der Waals surface area contributed by atoms with Crippen molar-refractivity contribution in [2.24, 2.45) is 5.92 Å². The molecule has 2 saturated heterocycles. The molecule has 1 N–H and O–H groups in total. The number of hydrogen-bond acceptors (Lipinski definition) is 5. The van der Waals surface area contributed by atoms with Crippen LogP contribution < -0.4 is 5.32 Å². The summed E-state index contributed by atoms with van der Waals surface area (Å²) in [7, 11) is -3.68. The summed E-state index contributed by atoms with van der Waals surface area (Å²) in [6.45, 7) is 6.03. The molecule has 34 heavy (non-hydrogen) atoms. The molecule has 2 amide bonds. The third kappa shape index (κ3) is 5.37. The van der Waals surface area contributed by atoms with Crippen LogP contribution in [0.4, 0.5) is 5.69 Å². The summed E-state index contributed by atoms with van der Waals surface area (Å²) < 4.78 is 28.1. The van der Waals surface area contributed by atoms with Gasteiger partial charge in [0, 0.05) is 43.2 Å². The number of hydrogen-bond donors (Lipinski definition) is 1. The number of piperidine rings is 1. The molecule has 7 nitrogen and oxygen atoms in total. The number of thiophene rings is 1.